The smallest absolute Gasteiger partial charge is 0.270 e. The SMILES string of the molecule is C#CC(CCC)NC(=O)c1ccc(F)cn1. The van der Waals surface area contributed by atoms with Gasteiger partial charge < -0.3 is 5.32 Å². The third kappa shape index (κ3) is 3.35. The molecule has 1 unspecified atom stereocenters. The van der Waals surface area contributed by atoms with Crippen molar-refractivity contribution in [1.82, 2.24) is 10.3 Å². The zero-order valence-electron chi connectivity index (χ0n) is 9.03. The molecule has 0 bridgehead atoms. The van der Waals surface area contributed by atoms with Gasteiger partial charge in [-0.15, -0.1) is 6.42 Å². The van der Waals surface area contributed by atoms with Crippen LogP contribution in [0, 0.1) is 18.2 Å². The van der Waals surface area contributed by atoms with Gasteiger partial charge in [-0.2, -0.15) is 0 Å². The molecule has 1 aromatic heterocycles. The summed E-state index contributed by atoms with van der Waals surface area (Å²) in [5, 5.41) is 2.64. The number of halogens is 1. The number of hydrogen-bond donors (Lipinski definition) is 1. The molecule has 1 rings (SSSR count). The minimum Gasteiger partial charge on any atom is -0.337 e. The summed E-state index contributed by atoms with van der Waals surface area (Å²) in [5.41, 5.74) is 0.165. The van der Waals surface area contributed by atoms with E-state index in [1.165, 1.54) is 12.1 Å². The van der Waals surface area contributed by atoms with Gasteiger partial charge in [0.05, 0.1) is 12.2 Å². The number of nitrogens with one attached hydrogen (secondary N) is 1. The normalized spacial score (nSPS) is 11.6. The first kappa shape index (κ1) is 12.2. The van der Waals surface area contributed by atoms with Crippen molar-refractivity contribution in [3.8, 4) is 12.3 Å². The predicted octanol–water partition coefficient (Wildman–Crippen LogP) is 1.75. The Morgan fingerprint density at radius 3 is 2.94 bits per heavy atom. The highest BCUT2D eigenvalue weighted by atomic mass is 19.1. The van der Waals surface area contributed by atoms with Gasteiger partial charge >= 0.3 is 0 Å². The van der Waals surface area contributed by atoms with Crippen LogP contribution in [0.4, 0.5) is 4.39 Å². The van der Waals surface area contributed by atoms with Crippen molar-refractivity contribution < 1.29 is 9.18 Å². The number of amides is 1. The zero-order chi connectivity index (χ0) is 12.0. The third-order valence-electron chi connectivity index (χ3n) is 2.04. The molecule has 3 nitrogen and oxygen atoms in total. The van der Waals surface area contributed by atoms with E-state index < -0.39 is 5.82 Å². The Morgan fingerprint density at radius 2 is 2.44 bits per heavy atom. The van der Waals surface area contributed by atoms with Crippen molar-refractivity contribution in [2.45, 2.75) is 25.8 Å². The van der Waals surface area contributed by atoms with Crippen LogP contribution in [0.5, 0.6) is 0 Å². The van der Waals surface area contributed by atoms with Gasteiger partial charge in [0.2, 0.25) is 0 Å². The number of aromatic nitrogens is 1. The molecule has 1 heterocycles. The van der Waals surface area contributed by atoms with Gasteiger partial charge in [-0.05, 0) is 18.6 Å². The lowest BCUT2D eigenvalue weighted by atomic mass is 10.2. The summed E-state index contributed by atoms with van der Waals surface area (Å²) in [4.78, 5) is 15.3. The van der Waals surface area contributed by atoms with Crippen molar-refractivity contribution in [2.75, 3.05) is 0 Å². The summed E-state index contributed by atoms with van der Waals surface area (Å²) >= 11 is 0. The fraction of sp³-hybridized carbons (Fsp3) is 0.333. The van der Waals surface area contributed by atoms with E-state index in [0.29, 0.717) is 6.42 Å². The molecular weight excluding hydrogens is 207 g/mol. The van der Waals surface area contributed by atoms with Crippen molar-refractivity contribution in [2.24, 2.45) is 0 Å². The first-order valence-electron chi connectivity index (χ1n) is 5.06. The van der Waals surface area contributed by atoms with Gasteiger partial charge in [0.25, 0.3) is 5.91 Å². The number of rotatable bonds is 4. The summed E-state index contributed by atoms with van der Waals surface area (Å²) in [6.45, 7) is 1.98. The van der Waals surface area contributed by atoms with Crippen LogP contribution in [0.1, 0.15) is 30.3 Å². The minimum absolute atomic E-state index is 0.165. The second kappa shape index (κ2) is 5.86. The average molecular weight is 220 g/mol. The molecule has 0 aliphatic carbocycles. The van der Waals surface area contributed by atoms with Crippen LogP contribution in [0.25, 0.3) is 0 Å². The second-order valence-corrected chi connectivity index (χ2v) is 3.34. The molecule has 0 aromatic carbocycles. The van der Waals surface area contributed by atoms with E-state index in [1.54, 1.807) is 0 Å². The molecule has 1 atom stereocenters. The Balaban J connectivity index is 2.65. The van der Waals surface area contributed by atoms with E-state index in [-0.39, 0.29) is 17.6 Å². The zero-order valence-corrected chi connectivity index (χ0v) is 9.03. The van der Waals surface area contributed by atoms with Crippen LogP contribution in [-0.4, -0.2) is 16.9 Å². The van der Waals surface area contributed by atoms with Crippen molar-refractivity contribution in [1.29, 1.82) is 0 Å². The second-order valence-electron chi connectivity index (χ2n) is 3.34. The Labute approximate surface area is 94.1 Å². The van der Waals surface area contributed by atoms with Crippen LogP contribution < -0.4 is 5.32 Å². The monoisotopic (exact) mass is 220 g/mol. The average Bonchev–Trinajstić information content (AvgIpc) is 2.29. The van der Waals surface area contributed by atoms with Gasteiger partial charge in [0, 0.05) is 0 Å². The van der Waals surface area contributed by atoms with E-state index in [2.05, 4.69) is 16.2 Å². The molecular formula is C12H13FN2O. The van der Waals surface area contributed by atoms with Gasteiger partial charge in [0.1, 0.15) is 11.5 Å². The fourth-order valence-corrected chi connectivity index (χ4v) is 1.23. The lowest BCUT2D eigenvalue weighted by molar-refractivity contribution is 0.0939. The standard InChI is InChI=1S/C12H13FN2O/c1-3-5-10(4-2)15-12(16)11-7-6-9(13)8-14-11/h2,6-8,10H,3,5H2,1H3,(H,15,16). The molecule has 84 valence electrons. The predicted molar refractivity (Wildman–Crippen MR) is 59.2 cm³/mol. The largest absolute Gasteiger partial charge is 0.337 e. The van der Waals surface area contributed by atoms with Crippen LogP contribution in [0.15, 0.2) is 18.3 Å². The number of carbonyl (C=O) groups excluding carboxylic acids is 1. The molecule has 16 heavy (non-hydrogen) atoms. The molecule has 1 aromatic rings. The Hall–Kier alpha value is -1.89. The minimum atomic E-state index is -0.474. The summed E-state index contributed by atoms with van der Waals surface area (Å²) < 4.78 is 12.6. The molecule has 1 N–H and O–H groups in total. The molecule has 0 saturated heterocycles. The number of nitrogens with zero attached hydrogens (tertiary/aromatic N) is 1. The topological polar surface area (TPSA) is 42.0 Å². The van der Waals surface area contributed by atoms with Crippen molar-refractivity contribution in [3.63, 3.8) is 0 Å². The van der Waals surface area contributed by atoms with E-state index in [4.69, 9.17) is 6.42 Å². The number of terminal acetylenes is 1. The Kier molecular flexibility index (Phi) is 4.46. The lowest BCUT2D eigenvalue weighted by Crippen LogP contribution is -2.34. The van der Waals surface area contributed by atoms with Gasteiger partial charge in [-0.25, -0.2) is 9.37 Å². The first-order chi connectivity index (χ1) is 7.67. The molecule has 4 heteroatoms. The summed E-state index contributed by atoms with van der Waals surface area (Å²) in [6.07, 6.45) is 7.86. The summed E-state index contributed by atoms with van der Waals surface area (Å²) in [7, 11) is 0. The Bertz CT molecular complexity index is 394. The quantitative estimate of drug-likeness (QED) is 0.785. The molecule has 0 aliphatic heterocycles. The molecule has 0 fully saturated rings. The molecule has 0 radical (unpaired) electrons. The number of pyridine rings is 1. The van der Waals surface area contributed by atoms with Gasteiger partial charge in [-0.1, -0.05) is 19.3 Å². The van der Waals surface area contributed by atoms with Crippen LogP contribution >= 0.6 is 0 Å². The summed E-state index contributed by atoms with van der Waals surface area (Å²) in [5.74, 6) is 1.63. The maximum atomic E-state index is 12.6. The van der Waals surface area contributed by atoms with E-state index >= 15 is 0 Å². The van der Waals surface area contributed by atoms with Crippen LogP contribution in [0.3, 0.4) is 0 Å². The molecule has 0 spiro atoms. The van der Waals surface area contributed by atoms with Gasteiger partial charge in [-0.3, -0.25) is 4.79 Å². The van der Waals surface area contributed by atoms with E-state index in [9.17, 15) is 9.18 Å². The van der Waals surface area contributed by atoms with Crippen LogP contribution in [-0.2, 0) is 0 Å². The maximum absolute atomic E-state index is 12.6. The number of carbonyl (C=O) groups is 1. The van der Waals surface area contributed by atoms with Crippen LogP contribution in [0.2, 0.25) is 0 Å². The van der Waals surface area contributed by atoms with Crippen molar-refractivity contribution >= 4 is 5.91 Å². The highest BCUT2D eigenvalue weighted by Gasteiger charge is 2.11. The molecule has 0 aliphatic rings. The van der Waals surface area contributed by atoms with E-state index in [0.717, 1.165) is 12.6 Å². The molecule has 0 saturated carbocycles. The first-order valence-corrected chi connectivity index (χ1v) is 5.06. The third-order valence-corrected chi connectivity index (χ3v) is 2.04. The maximum Gasteiger partial charge on any atom is 0.270 e. The fourth-order valence-electron chi connectivity index (χ4n) is 1.23. The number of hydrogen-bond acceptors (Lipinski definition) is 2. The van der Waals surface area contributed by atoms with E-state index in [1.807, 2.05) is 6.92 Å². The lowest BCUT2D eigenvalue weighted by Gasteiger charge is -2.11. The Morgan fingerprint density at radius 1 is 1.69 bits per heavy atom. The summed E-state index contributed by atoms with van der Waals surface area (Å²) in [6, 6.07) is 2.21. The highest BCUT2D eigenvalue weighted by molar-refractivity contribution is 5.92. The van der Waals surface area contributed by atoms with Crippen molar-refractivity contribution in [3.05, 3.63) is 29.8 Å². The van der Waals surface area contributed by atoms with Gasteiger partial charge in [0.15, 0.2) is 0 Å². The molecule has 1 amide bonds. The highest BCUT2D eigenvalue weighted by Crippen LogP contribution is 2.00.